The lowest BCUT2D eigenvalue weighted by Gasteiger charge is -2.32. The van der Waals surface area contributed by atoms with Crippen molar-refractivity contribution in [3.8, 4) is 11.5 Å². The highest BCUT2D eigenvalue weighted by atomic mass is 35.5. The van der Waals surface area contributed by atoms with Gasteiger partial charge in [0.05, 0.1) is 12.2 Å². The highest BCUT2D eigenvalue weighted by molar-refractivity contribution is 8.15. The van der Waals surface area contributed by atoms with Gasteiger partial charge in [0.1, 0.15) is 5.25 Å². The second-order valence-electron chi connectivity index (χ2n) is 7.71. The maximum absolute atomic E-state index is 13.2. The number of hydrogen-bond acceptors (Lipinski definition) is 6. The van der Waals surface area contributed by atoms with Gasteiger partial charge in [0.25, 0.3) is 0 Å². The van der Waals surface area contributed by atoms with Crippen LogP contribution in [0, 0.1) is 0 Å². The molecule has 1 atom stereocenters. The number of halogens is 1. The number of nitrogens with zero attached hydrogens (tertiary/aromatic N) is 2. The predicted molar refractivity (Wildman–Crippen MR) is 133 cm³/mol. The molecule has 2 aliphatic rings. The van der Waals surface area contributed by atoms with Crippen LogP contribution in [0.3, 0.4) is 0 Å². The van der Waals surface area contributed by atoms with Crippen LogP contribution in [-0.2, 0) is 16.1 Å². The van der Waals surface area contributed by atoms with E-state index in [2.05, 4.69) is 5.32 Å². The van der Waals surface area contributed by atoms with E-state index >= 15 is 0 Å². The zero-order chi connectivity index (χ0) is 23.5. The Morgan fingerprint density at radius 2 is 1.88 bits per heavy atom. The SMILES string of the molecule is O=C(Nc1cccc(Cl)c1)C1CC(=O)N(Cc2ccc3c(c2)OCO3)C(=Nc2ccccc2)S1. The zero-order valence-corrected chi connectivity index (χ0v) is 19.5. The van der Waals surface area contributed by atoms with Crippen molar-refractivity contribution in [1.29, 1.82) is 0 Å². The van der Waals surface area contributed by atoms with E-state index in [9.17, 15) is 9.59 Å². The van der Waals surface area contributed by atoms with E-state index in [0.717, 1.165) is 5.56 Å². The molecular weight excluding hydrogens is 474 g/mol. The molecule has 0 aliphatic carbocycles. The second-order valence-corrected chi connectivity index (χ2v) is 9.31. The summed E-state index contributed by atoms with van der Waals surface area (Å²) in [4.78, 5) is 32.5. The lowest BCUT2D eigenvalue weighted by molar-refractivity contribution is -0.129. The number of amidine groups is 1. The summed E-state index contributed by atoms with van der Waals surface area (Å²) < 4.78 is 10.8. The van der Waals surface area contributed by atoms with Crippen molar-refractivity contribution in [3.63, 3.8) is 0 Å². The van der Waals surface area contributed by atoms with Crippen LogP contribution in [-0.4, -0.2) is 33.9 Å². The molecule has 7 nitrogen and oxygen atoms in total. The van der Waals surface area contributed by atoms with Gasteiger partial charge in [-0.05, 0) is 48.0 Å². The number of carbonyl (C=O) groups is 2. The van der Waals surface area contributed by atoms with Gasteiger partial charge in [-0.15, -0.1) is 0 Å². The minimum Gasteiger partial charge on any atom is -0.454 e. The Morgan fingerprint density at radius 1 is 1.06 bits per heavy atom. The Hall–Kier alpha value is -3.49. The number of nitrogens with one attached hydrogen (secondary N) is 1. The number of hydrogen-bond donors (Lipinski definition) is 1. The third-order valence-electron chi connectivity index (χ3n) is 5.28. The largest absolute Gasteiger partial charge is 0.454 e. The molecule has 172 valence electrons. The lowest BCUT2D eigenvalue weighted by atomic mass is 10.1. The number of rotatable bonds is 5. The van der Waals surface area contributed by atoms with Crippen molar-refractivity contribution in [2.45, 2.75) is 18.2 Å². The highest BCUT2D eigenvalue weighted by Gasteiger charge is 2.36. The van der Waals surface area contributed by atoms with E-state index in [1.807, 2.05) is 48.5 Å². The van der Waals surface area contributed by atoms with E-state index in [1.165, 1.54) is 11.8 Å². The van der Waals surface area contributed by atoms with Crippen molar-refractivity contribution in [2.24, 2.45) is 4.99 Å². The number of anilines is 1. The Bertz CT molecular complexity index is 1270. The maximum atomic E-state index is 13.2. The van der Waals surface area contributed by atoms with Gasteiger partial charge in [0, 0.05) is 17.1 Å². The molecule has 1 N–H and O–H groups in total. The molecule has 2 aliphatic heterocycles. The van der Waals surface area contributed by atoms with Gasteiger partial charge in [-0.1, -0.05) is 53.7 Å². The normalized spacial score (nSPS) is 18.3. The minimum absolute atomic E-state index is 0.0510. The first-order chi connectivity index (χ1) is 16.5. The Balaban J connectivity index is 1.40. The van der Waals surface area contributed by atoms with Crippen molar-refractivity contribution < 1.29 is 19.1 Å². The number of amides is 2. The molecule has 3 aromatic carbocycles. The first-order valence-corrected chi connectivity index (χ1v) is 11.9. The van der Waals surface area contributed by atoms with E-state index in [0.29, 0.717) is 39.6 Å². The summed E-state index contributed by atoms with van der Waals surface area (Å²) in [5.74, 6) is 0.871. The highest BCUT2D eigenvalue weighted by Crippen LogP contribution is 2.35. The zero-order valence-electron chi connectivity index (χ0n) is 17.9. The summed E-state index contributed by atoms with van der Waals surface area (Å²) in [6.07, 6.45) is 0.0510. The molecule has 9 heteroatoms. The average Bonchev–Trinajstić information content (AvgIpc) is 3.30. The smallest absolute Gasteiger partial charge is 0.238 e. The van der Waals surface area contributed by atoms with Gasteiger partial charge in [0.15, 0.2) is 16.7 Å². The van der Waals surface area contributed by atoms with Crippen LogP contribution in [0.1, 0.15) is 12.0 Å². The van der Waals surface area contributed by atoms with E-state index < -0.39 is 5.25 Å². The third kappa shape index (κ3) is 5.03. The molecule has 1 fully saturated rings. The molecular formula is C25H20ClN3O4S. The maximum Gasteiger partial charge on any atom is 0.238 e. The molecule has 0 aromatic heterocycles. The topological polar surface area (TPSA) is 80.2 Å². The number of fused-ring (bicyclic) bond motifs is 1. The number of para-hydroxylation sites is 1. The Labute approximate surface area is 205 Å². The summed E-state index contributed by atoms with van der Waals surface area (Å²) in [7, 11) is 0. The molecule has 0 bridgehead atoms. The molecule has 1 unspecified atom stereocenters. The molecule has 0 spiro atoms. The average molecular weight is 494 g/mol. The second kappa shape index (κ2) is 9.79. The number of ether oxygens (including phenoxy) is 2. The summed E-state index contributed by atoms with van der Waals surface area (Å²) in [6, 6.07) is 21.8. The van der Waals surface area contributed by atoms with Crippen molar-refractivity contribution in [2.75, 3.05) is 12.1 Å². The third-order valence-corrected chi connectivity index (χ3v) is 6.71. The van der Waals surface area contributed by atoms with Crippen LogP contribution in [0.5, 0.6) is 11.5 Å². The van der Waals surface area contributed by atoms with Crippen molar-refractivity contribution in [3.05, 3.63) is 83.4 Å². The quantitative estimate of drug-likeness (QED) is 0.526. The van der Waals surface area contributed by atoms with Crippen LogP contribution in [0.25, 0.3) is 0 Å². The minimum atomic E-state index is -0.623. The molecule has 3 aromatic rings. The van der Waals surface area contributed by atoms with E-state index in [4.69, 9.17) is 26.1 Å². The van der Waals surface area contributed by atoms with Crippen LogP contribution < -0.4 is 14.8 Å². The molecule has 1 saturated heterocycles. The standard InChI is InChI=1S/C25H20ClN3O4S/c26-17-5-4-8-19(12-17)27-24(31)22-13-23(30)29(25(34-22)28-18-6-2-1-3-7-18)14-16-9-10-20-21(11-16)33-15-32-20/h1-12,22H,13-15H2,(H,27,31). The summed E-state index contributed by atoms with van der Waals surface area (Å²) in [6.45, 7) is 0.484. The monoisotopic (exact) mass is 493 g/mol. The van der Waals surface area contributed by atoms with Gasteiger partial charge in [-0.2, -0.15) is 0 Å². The van der Waals surface area contributed by atoms with Gasteiger partial charge < -0.3 is 14.8 Å². The summed E-state index contributed by atoms with van der Waals surface area (Å²) >= 11 is 7.30. The molecule has 5 rings (SSSR count). The number of aliphatic imine (C=N–C) groups is 1. The van der Waals surface area contributed by atoms with Gasteiger partial charge in [-0.3, -0.25) is 14.5 Å². The van der Waals surface area contributed by atoms with Crippen molar-refractivity contribution in [1.82, 2.24) is 4.90 Å². The Kier molecular flexibility index (Phi) is 6.42. The molecule has 2 amide bonds. The first kappa shape index (κ1) is 22.3. The van der Waals surface area contributed by atoms with Gasteiger partial charge >= 0.3 is 0 Å². The molecule has 0 saturated carbocycles. The van der Waals surface area contributed by atoms with Crippen LogP contribution in [0.2, 0.25) is 5.02 Å². The van der Waals surface area contributed by atoms with Gasteiger partial charge in [0.2, 0.25) is 18.6 Å². The van der Waals surface area contributed by atoms with Gasteiger partial charge in [-0.25, -0.2) is 4.99 Å². The molecule has 2 heterocycles. The number of thioether (sulfide) groups is 1. The molecule has 0 radical (unpaired) electrons. The van der Waals surface area contributed by atoms with E-state index in [1.54, 1.807) is 29.2 Å². The van der Waals surface area contributed by atoms with Crippen LogP contribution >= 0.6 is 23.4 Å². The first-order valence-electron chi connectivity index (χ1n) is 10.6. The van der Waals surface area contributed by atoms with Crippen molar-refractivity contribution >= 4 is 51.7 Å². The fourth-order valence-electron chi connectivity index (χ4n) is 3.62. The van der Waals surface area contributed by atoms with Crippen LogP contribution in [0.15, 0.2) is 77.8 Å². The number of carbonyl (C=O) groups excluding carboxylic acids is 2. The predicted octanol–water partition coefficient (Wildman–Crippen LogP) is 5.23. The molecule has 34 heavy (non-hydrogen) atoms. The summed E-state index contributed by atoms with van der Waals surface area (Å²) in [5, 5.41) is 3.21. The fraction of sp³-hybridized carbons (Fsp3) is 0.160. The Morgan fingerprint density at radius 3 is 2.71 bits per heavy atom. The fourth-order valence-corrected chi connectivity index (χ4v) is 4.91. The lowest BCUT2D eigenvalue weighted by Crippen LogP contribution is -2.44. The van der Waals surface area contributed by atoms with Crippen LogP contribution in [0.4, 0.5) is 11.4 Å². The number of benzene rings is 3. The van der Waals surface area contributed by atoms with E-state index in [-0.39, 0.29) is 25.0 Å². The summed E-state index contributed by atoms with van der Waals surface area (Å²) in [5.41, 5.74) is 2.15.